The molecule has 3 aliphatic rings. The highest BCUT2D eigenvalue weighted by molar-refractivity contribution is 5.80. The van der Waals surface area contributed by atoms with Gasteiger partial charge in [0, 0.05) is 162 Å². The Balaban J connectivity index is 1.59. The van der Waals surface area contributed by atoms with Gasteiger partial charge < -0.3 is 147 Å². The van der Waals surface area contributed by atoms with Crippen molar-refractivity contribution in [1.29, 1.82) is 0 Å². The molecule has 119 heavy (non-hydrogen) atoms. The molecule has 16 atom stereocenters. The topological polar surface area (TPSA) is 607 Å². The second-order valence-electron chi connectivity index (χ2n) is 31.4. The minimum absolute atomic E-state index is 0.0179. The Hall–Kier alpha value is -7.08. The Morgan fingerprint density at radius 3 is 1.29 bits per heavy atom. The van der Waals surface area contributed by atoms with Gasteiger partial charge in [-0.2, -0.15) is 0 Å². The molecule has 0 saturated carbocycles. The lowest BCUT2D eigenvalue weighted by molar-refractivity contribution is -0.199. The number of unbranched alkanes of at least 4 members (excludes halogenated alkanes) is 3. The third-order valence-corrected chi connectivity index (χ3v) is 19.5. The van der Waals surface area contributed by atoms with Crippen LogP contribution >= 0.6 is 0 Å². The van der Waals surface area contributed by atoms with Crippen LogP contribution in [0.4, 0.5) is 4.79 Å². The minimum Gasteiger partial charge on any atom is -0.396 e. The molecule has 0 radical (unpaired) electrons. The Morgan fingerprint density at radius 1 is 0.454 bits per heavy atom. The van der Waals surface area contributed by atoms with Gasteiger partial charge in [-0.05, 0) is 83.0 Å². The molecule has 3 saturated heterocycles. The van der Waals surface area contributed by atoms with E-state index >= 15 is 0 Å². The number of amides is 11. The number of aliphatic hydroxyl groups excluding tert-OH is 8. The van der Waals surface area contributed by atoms with Gasteiger partial charge >= 0.3 is 6.09 Å². The van der Waals surface area contributed by atoms with Crippen LogP contribution in [0.3, 0.4) is 0 Å². The number of nitrogens with one attached hydrogen (secondary N) is 11. The van der Waals surface area contributed by atoms with Crippen LogP contribution in [-0.2, 0) is 95.4 Å². The molecule has 0 bridgehead atoms. The average Bonchev–Trinajstić information content (AvgIpc) is 1.66. The van der Waals surface area contributed by atoms with Crippen molar-refractivity contribution in [3.63, 3.8) is 0 Å². The third kappa shape index (κ3) is 45.6. The predicted molar refractivity (Wildman–Crippen MR) is 424 cm³/mol. The summed E-state index contributed by atoms with van der Waals surface area (Å²) < 4.78 is 52.8. The summed E-state index contributed by atoms with van der Waals surface area (Å²) in [6.07, 6.45) is -5.24. The lowest BCUT2D eigenvalue weighted by Gasteiger charge is -2.37. The summed E-state index contributed by atoms with van der Waals surface area (Å²) >= 11 is 0. The Bertz CT molecular complexity index is 3020. The first-order chi connectivity index (χ1) is 56.6. The smallest absolute Gasteiger partial charge is 0.396 e. The summed E-state index contributed by atoms with van der Waals surface area (Å²) in [4.78, 5) is 144. The van der Waals surface area contributed by atoms with Gasteiger partial charge in [-0.1, -0.05) is 25.9 Å². The van der Waals surface area contributed by atoms with Gasteiger partial charge in [-0.25, -0.2) is 4.79 Å². The van der Waals surface area contributed by atoms with Crippen molar-refractivity contribution in [3.05, 3.63) is 0 Å². The summed E-state index contributed by atoms with van der Waals surface area (Å²) in [5, 5.41) is 127. The molecule has 686 valence electrons. The lowest BCUT2D eigenvalue weighted by atomic mass is 9.82. The number of hydrogen-bond acceptors (Lipinski definition) is 31. The third-order valence-electron chi connectivity index (χ3n) is 19.5. The van der Waals surface area contributed by atoms with Crippen LogP contribution < -0.4 is 58.5 Å². The summed E-state index contributed by atoms with van der Waals surface area (Å²) in [5.74, 6) is -6.48. The summed E-state index contributed by atoms with van der Waals surface area (Å²) in [6, 6.07) is -3.05. The first-order valence-corrected chi connectivity index (χ1v) is 41.2. The summed E-state index contributed by atoms with van der Waals surface area (Å²) in [6.45, 7) is 9.14. The first kappa shape index (κ1) is 106. The molecule has 0 aromatic heterocycles. The molecule has 3 heterocycles. The van der Waals surface area contributed by atoms with E-state index in [4.69, 9.17) is 47.5 Å². The van der Waals surface area contributed by atoms with Gasteiger partial charge in [-0.15, -0.1) is 0 Å². The molecular formula is C77H138N12O30. The van der Waals surface area contributed by atoms with Gasteiger partial charge in [-0.3, -0.25) is 52.8 Å². The fraction of sp³-hybridized carbons (Fsp3) is 0.844. The zero-order valence-corrected chi connectivity index (χ0v) is 70.2. The monoisotopic (exact) mass is 1710 g/mol. The van der Waals surface area contributed by atoms with E-state index in [1.54, 1.807) is 0 Å². The van der Waals surface area contributed by atoms with Gasteiger partial charge in [0.05, 0.1) is 109 Å². The molecule has 0 aromatic rings. The van der Waals surface area contributed by atoms with Crippen molar-refractivity contribution in [3.8, 4) is 0 Å². The normalized spacial score (nSPS) is 24.6. The van der Waals surface area contributed by atoms with Crippen LogP contribution in [0.1, 0.15) is 170 Å². The van der Waals surface area contributed by atoms with Crippen molar-refractivity contribution in [2.45, 2.75) is 249 Å². The second-order valence-corrected chi connectivity index (χ2v) is 31.4. The molecule has 20 N–H and O–H groups in total. The molecular weight excluding hydrogens is 1570 g/mol. The van der Waals surface area contributed by atoms with E-state index in [2.05, 4.69) is 84.4 Å². The van der Waals surface area contributed by atoms with E-state index in [1.165, 1.54) is 33.9 Å². The lowest BCUT2D eigenvalue weighted by Crippen LogP contribution is -2.59. The van der Waals surface area contributed by atoms with E-state index in [0.717, 1.165) is 6.42 Å². The van der Waals surface area contributed by atoms with E-state index < -0.39 is 164 Å². The molecule has 42 heteroatoms. The zero-order chi connectivity index (χ0) is 88.2. The fourth-order valence-corrected chi connectivity index (χ4v) is 12.5. The maximum absolute atomic E-state index is 13.9. The van der Waals surface area contributed by atoms with Crippen molar-refractivity contribution in [1.82, 2.24) is 58.5 Å². The average molecular weight is 1710 g/mol. The van der Waals surface area contributed by atoms with Gasteiger partial charge in [0.2, 0.25) is 59.1 Å². The number of hydrogen-bond donors (Lipinski definition) is 20. The standard InChI is InChI=1S/C77H138N12O30/c1-50(93)86-56-40-57(96)67(104)53(41-90)44-116-71(56)113-34-11-8-18-58(97)78-26-15-29-81-61(100)22-37-110-47-77(89-64(103)21-33-84-74(108)119-85-32-14-25-75(4,5)6,48-111-38-23-62(101)82-30-16-27-79-59(98)19-9-12-35-114-72-65(87-51(2)94)69(106)68(105)54(42-91)45-117-72)49-112-39-24-63(102)83-31-17-28-80-60(99)20-10-13-36-115-73-66(88-52(3)95)70(107)76(7,109)55(43-92)46-118-73/h32,53-57,65-73,90-92,96,104-107,109H,8-31,33-49H2,1-7H3,(H,78,97)(H,79,98)(H,80,99)(H,81,100)(H,82,101)(H,83,102)(H,84,108)(H,86,93)(H,87,94)(H,88,95)(H,89,103)/t53?,54?,55?,56?,57?,65-,66-,67-,68-,69?,70?,71+,72+,73+,76-,77?/m1/s1. The van der Waals surface area contributed by atoms with Crippen LogP contribution in [0.5, 0.6) is 0 Å². The van der Waals surface area contributed by atoms with Crippen LogP contribution in [-0.4, -0.2) is 341 Å². The number of ether oxygens (including phenoxy) is 9. The molecule has 3 rings (SSSR count). The molecule has 0 spiro atoms. The van der Waals surface area contributed by atoms with E-state index in [9.17, 15) is 98.7 Å². The number of nitrogens with zero attached hydrogens (tertiary/aromatic N) is 1. The molecule has 3 fully saturated rings. The van der Waals surface area contributed by atoms with Gasteiger partial charge in [0.15, 0.2) is 18.9 Å². The number of carbonyl (C=O) groups is 11. The highest BCUT2D eigenvalue weighted by atomic mass is 16.7. The Morgan fingerprint density at radius 2 is 0.857 bits per heavy atom. The van der Waals surface area contributed by atoms with Gasteiger partial charge in [0.25, 0.3) is 0 Å². The van der Waals surface area contributed by atoms with Crippen LogP contribution in [0.25, 0.3) is 0 Å². The molecule has 0 aliphatic carbocycles. The number of rotatable bonds is 58. The van der Waals surface area contributed by atoms with E-state index in [0.29, 0.717) is 64.2 Å². The Kier molecular flexibility index (Phi) is 53.2. The first-order valence-electron chi connectivity index (χ1n) is 41.2. The molecule has 11 amide bonds. The van der Waals surface area contributed by atoms with Crippen LogP contribution in [0.2, 0.25) is 0 Å². The van der Waals surface area contributed by atoms with Crippen molar-refractivity contribution < 1.29 is 146 Å². The minimum atomic E-state index is -1.80. The number of carbonyl (C=O) groups excluding carboxylic acids is 11. The van der Waals surface area contributed by atoms with Crippen LogP contribution in [0, 0.1) is 23.2 Å². The SMILES string of the molecule is CC(=O)NC1CC(O)[C@H](O)C(CO)CO[C@@H]1OCCCCC(=O)NCCCNC(=O)CCOCC(COCCC(=O)NCCCNC(=O)CCCCO[C@H]1OCC(CO)[C@@H](O)C(O)[C@H]1NC(C)=O)(COCCC(=O)NCCCNC(=O)CCCCO[C@H]1OCC(CO)[C@@](C)(O)C(O)[C@H]1NC(C)=O)NC(=O)CCNC(=O)ON=CCCC(C)(C)C. The highest BCUT2D eigenvalue weighted by Crippen LogP contribution is 2.31. The fourth-order valence-electron chi connectivity index (χ4n) is 12.5. The summed E-state index contributed by atoms with van der Waals surface area (Å²) in [5.41, 5.74) is -3.34. The number of aliphatic hydroxyl groups is 9. The van der Waals surface area contributed by atoms with Gasteiger partial charge in [0.1, 0.15) is 29.8 Å². The maximum Gasteiger partial charge on any atom is 0.433 e. The largest absolute Gasteiger partial charge is 0.433 e. The quantitative estimate of drug-likeness (QED) is 0.0119. The second kappa shape index (κ2) is 59.6. The zero-order valence-electron chi connectivity index (χ0n) is 70.2. The molecule has 0 aromatic carbocycles. The van der Waals surface area contributed by atoms with E-state index in [1.807, 2.05) is 0 Å². The number of oxime groups is 1. The van der Waals surface area contributed by atoms with Crippen molar-refractivity contribution in [2.24, 2.45) is 28.3 Å². The summed E-state index contributed by atoms with van der Waals surface area (Å²) in [7, 11) is 0. The molecule has 8 unspecified atom stereocenters. The molecule has 42 nitrogen and oxygen atoms in total. The van der Waals surface area contributed by atoms with Crippen LogP contribution in [0.15, 0.2) is 5.16 Å². The Labute approximate surface area is 695 Å². The molecule has 3 aliphatic heterocycles. The maximum atomic E-state index is 13.9. The predicted octanol–water partition coefficient (Wildman–Crippen LogP) is -4.23. The van der Waals surface area contributed by atoms with E-state index in [-0.39, 0.29) is 200 Å². The highest BCUT2D eigenvalue weighted by Gasteiger charge is 2.50. The van der Waals surface area contributed by atoms with Crippen molar-refractivity contribution >= 4 is 71.4 Å². The van der Waals surface area contributed by atoms with Crippen molar-refractivity contribution in [2.75, 3.05) is 145 Å².